The molecule has 0 spiro atoms. The molecule has 0 aromatic heterocycles. The summed E-state index contributed by atoms with van der Waals surface area (Å²) in [7, 11) is 0. The molecular formula is C32H29NO4. The van der Waals surface area contributed by atoms with Crippen molar-refractivity contribution >= 4 is 17.5 Å². The summed E-state index contributed by atoms with van der Waals surface area (Å²) in [6.07, 6.45) is 0. The molecule has 5 nitrogen and oxygen atoms in total. The van der Waals surface area contributed by atoms with Crippen molar-refractivity contribution in [2.45, 2.75) is 39.0 Å². The number of hydrogen-bond donors (Lipinski definition) is 1. The Labute approximate surface area is 217 Å². The van der Waals surface area contributed by atoms with E-state index in [1.807, 2.05) is 48.5 Å². The molecule has 186 valence electrons. The minimum absolute atomic E-state index is 0.220. The van der Waals surface area contributed by atoms with Gasteiger partial charge in [-0.05, 0) is 77.2 Å². The summed E-state index contributed by atoms with van der Waals surface area (Å²) >= 11 is 0. The van der Waals surface area contributed by atoms with Gasteiger partial charge >= 0.3 is 0 Å². The van der Waals surface area contributed by atoms with Gasteiger partial charge in [0.05, 0.1) is 16.8 Å². The molecule has 1 N–H and O–H groups in total. The Morgan fingerprint density at radius 3 is 1.84 bits per heavy atom. The summed E-state index contributed by atoms with van der Waals surface area (Å²) in [5.74, 6) is 1.11. The second-order valence-corrected chi connectivity index (χ2v) is 10.2. The molecule has 2 amide bonds. The topological polar surface area (TPSA) is 66.8 Å². The van der Waals surface area contributed by atoms with Crippen LogP contribution in [0.3, 0.4) is 0 Å². The first-order valence-corrected chi connectivity index (χ1v) is 12.4. The predicted molar refractivity (Wildman–Crippen MR) is 145 cm³/mol. The van der Waals surface area contributed by atoms with Gasteiger partial charge < -0.3 is 9.84 Å². The van der Waals surface area contributed by atoms with Crippen molar-refractivity contribution in [1.82, 2.24) is 0 Å². The number of rotatable bonds is 6. The predicted octanol–water partition coefficient (Wildman–Crippen LogP) is 7.43. The standard InChI is InChI=1S/C32H29NO4/c1-20(2)21-5-15-26(16-6-21)37-27-17-18-28-29(19-27)31(36)33(30(28)35)24-11-7-22(8-12-24)32(3,4)23-9-13-25(34)14-10-23/h5-20,34H,1-4H3. The zero-order valence-electron chi connectivity index (χ0n) is 21.4. The van der Waals surface area contributed by atoms with E-state index in [0.717, 1.165) is 11.1 Å². The lowest BCUT2D eigenvalue weighted by Gasteiger charge is -2.27. The van der Waals surface area contributed by atoms with Gasteiger partial charge in [-0.15, -0.1) is 0 Å². The Morgan fingerprint density at radius 2 is 1.24 bits per heavy atom. The average molecular weight is 492 g/mol. The monoisotopic (exact) mass is 491 g/mol. The molecule has 4 aromatic rings. The minimum atomic E-state index is -0.369. The molecule has 5 rings (SSSR count). The molecule has 5 heteroatoms. The number of carbonyl (C=O) groups excluding carboxylic acids is 2. The van der Waals surface area contributed by atoms with E-state index in [2.05, 4.69) is 27.7 Å². The maximum Gasteiger partial charge on any atom is 0.266 e. The number of nitrogens with zero attached hydrogens (tertiary/aromatic N) is 1. The highest BCUT2D eigenvalue weighted by atomic mass is 16.5. The first kappa shape index (κ1) is 24.3. The second kappa shape index (κ2) is 9.25. The van der Waals surface area contributed by atoms with Crippen LogP contribution in [0.15, 0.2) is 91.0 Å². The SMILES string of the molecule is CC(C)c1ccc(Oc2ccc3c(c2)C(=O)N(c2ccc(C(C)(C)c4ccc(O)cc4)cc2)C3=O)cc1. The van der Waals surface area contributed by atoms with Crippen molar-refractivity contribution < 1.29 is 19.4 Å². The fourth-order valence-corrected chi connectivity index (χ4v) is 4.65. The number of phenols is 1. The average Bonchev–Trinajstić information content (AvgIpc) is 3.14. The van der Waals surface area contributed by atoms with E-state index in [9.17, 15) is 14.7 Å². The molecule has 1 aliphatic heterocycles. The number of ether oxygens (including phenoxy) is 1. The third-order valence-corrected chi connectivity index (χ3v) is 7.08. The lowest BCUT2D eigenvalue weighted by atomic mass is 9.78. The highest BCUT2D eigenvalue weighted by Crippen LogP contribution is 2.36. The van der Waals surface area contributed by atoms with Crippen molar-refractivity contribution in [2.24, 2.45) is 0 Å². The van der Waals surface area contributed by atoms with Gasteiger partial charge in [0.15, 0.2) is 0 Å². The van der Waals surface area contributed by atoms with E-state index < -0.39 is 0 Å². The zero-order valence-corrected chi connectivity index (χ0v) is 21.4. The van der Waals surface area contributed by atoms with Crippen LogP contribution >= 0.6 is 0 Å². The van der Waals surface area contributed by atoms with Crippen molar-refractivity contribution in [2.75, 3.05) is 4.90 Å². The quantitative estimate of drug-likeness (QED) is 0.285. The summed E-state index contributed by atoms with van der Waals surface area (Å²) < 4.78 is 5.97. The van der Waals surface area contributed by atoms with Gasteiger partial charge in [0.1, 0.15) is 17.2 Å². The number of fused-ring (bicyclic) bond motifs is 1. The van der Waals surface area contributed by atoms with Crippen LogP contribution in [-0.2, 0) is 5.41 Å². The van der Waals surface area contributed by atoms with Gasteiger partial charge in [0.25, 0.3) is 11.8 Å². The lowest BCUT2D eigenvalue weighted by molar-refractivity contribution is 0.0926. The smallest absolute Gasteiger partial charge is 0.266 e. The van der Waals surface area contributed by atoms with Gasteiger partial charge in [-0.1, -0.05) is 64.1 Å². The first-order valence-electron chi connectivity index (χ1n) is 12.4. The van der Waals surface area contributed by atoms with E-state index in [4.69, 9.17) is 4.74 Å². The van der Waals surface area contributed by atoms with E-state index in [1.54, 1.807) is 42.5 Å². The van der Waals surface area contributed by atoms with Crippen molar-refractivity contribution in [3.05, 3.63) is 119 Å². The molecule has 4 aromatic carbocycles. The van der Waals surface area contributed by atoms with E-state index in [0.29, 0.717) is 34.2 Å². The zero-order chi connectivity index (χ0) is 26.3. The van der Waals surface area contributed by atoms with E-state index in [-0.39, 0.29) is 23.0 Å². The van der Waals surface area contributed by atoms with E-state index in [1.165, 1.54) is 10.5 Å². The van der Waals surface area contributed by atoms with Crippen LogP contribution in [0.2, 0.25) is 0 Å². The Kier molecular flexibility index (Phi) is 6.08. The molecule has 0 aliphatic carbocycles. The molecule has 0 atom stereocenters. The molecule has 1 aliphatic rings. The number of amides is 2. The van der Waals surface area contributed by atoms with Gasteiger partial charge in [-0.3, -0.25) is 9.59 Å². The Balaban J connectivity index is 1.37. The van der Waals surface area contributed by atoms with E-state index >= 15 is 0 Å². The molecule has 0 unspecified atom stereocenters. The summed E-state index contributed by atoms with van der Waals surface area (Å²) in [5, 5.41) is 9.62. The molecule has 37 heavy (non-hydrogen) atoms. The number of phenolic OH excluding ortho intramolecular Hbond substituents is 1. The fourth-order valence-electron chi connectivity index (χ4n) is 4.65. The minimum Gasteiger partial charge on any atom is -0.508 e. The molecule has 1 heterocycles. The van der Waals surface area contributed by atoms with Crippen LogP contribution < -0.4 is 9.64 Å². The number of imide groups is 1. The third kappa shape index (κ3) is 4.49. The molecular weight excluding hydrogens is 462 g/mol. The maximum atomic E-state index is 13.3. The van der Waals surface area contributed by atoms with Gasteiger partial charge in [-0.2, -0.15) is 0 Å². The van der Waals surface area contributed by atoms with Gasteiger partial charge in [0, 0.05) is 5.41 Å². The number of aromatic hydroxyl groups is 1. The fraction of sp³-hybridized carbons (Fsp3) is 0.188. The van der Waals surface area contributed by atoms with Crippen LogP contribution in [0, 0.1) is 0 Å². The lowest BCUT2D eigenvalue weighted by Crippen LogP contribution is -2.29. The van der Waals surface area contributed by atoms with Crippen LogP contribution in [0.1, 0.15) is 71.0 Å². The summed E-state index contributed by atoms with van der Waals surface area (Å²) in [5.41, 5.74) is 4.17. The molecule has 0 bridgehead atoms. The summed E-state index contributed by atoms with van der Waals surface area (Å²) in [6, 6.07) is 27.4. The highest BCUT2D eigenvalue weighted by molar-refractivity contribution is 6.34. The molecule has 0 radical (unpaired) electrons. The maximum absolute atomic E-state index is 13.3. The normalized spacial score (nSPS) is 13.3. The van der Waals surface area contributed by atoms with Crippen molar-refractivity contribution in [3.63, 3.8) is 0 Å². The van der Waals surface area contributed by atoms with Crippen LogP contribution in [0.25, 0.3) is 0 Å². The first-order chi connectivity index (χ1) is 17.6. The number of anilines is 1. The molecule has 0 saturated carbocycles. The third-order valence-electron chi connectivity index (χ3n) is 7.08. The van der Waals surface area contributed by atoms with Crippen LogP contribution in [0.4, 0.5) is 5.69 Å². The summed E-state index contributed by atoms with van der Waals surface area (Å²) in [4.78, 5) is 27.7. The van der Waals surface area contributed by atoms with Gasteiger partial charge in [0.2, 0.25) is 0 Å². The Bertz CT molecular complexity index is 1470. The van der Waals surface area contributed by atoms with Crippen LogP contribution in [0.5, 0.6) is 17.2 Å². The largest absolute Gasteiger partial charge is 0.508 e. The number of hydrogen-bond acceptors (Lipinski definition) is 4. The summed E-state index contributed by atoms with van der Waals surface area (Å²) in [6.45, 7) is 8.45. The van der Waals surface area contributed by atoms with Crippen molar-refractivity contribution in [3.8, 4) is 17.2 Å². The van der Waals surface area contributed by atoms with Gasteiger partial charge in [-0.25, -0.2) is 4.90 Å². The number of carbonyl (C=O) groups is 2. The highest BCUT2D eigenvalue weighted by Gasteiger charge is 2.37. The Morgan fingerprint density at radius 1 is 0.703 bits per heavy atom. The second-order valence-electron chi connectivity index (χ2n) is 10.2. The van der Waals surface area contributed by atoms with Crippen LogP contribution in [-0.4, -0.2) is 16.9 Å². The molecule has 0 fully saturated rings. The number of benzene rings is 4. The Hall–Kier alpha value is -4.38. The van der Waals surface area contributed by atoms with Crippen molar-refractivity contribution in [1.29, 1.82) is 0 Å². The molecule has 0 saturated heterocycles.